The second-order valence-corrected chi connectivity index (χ2v) is 7.89. The minimum atomic E-state index is -0.623. The number of nitrogens with zero attached hydrogens (tertiary/aromatic N) is 1. The van der Waals surface area contributed by atoms with E-state index in [1.807, 2.05) is 25.7 Å². The Balaban J connectivity index is 2.09. The van der Waals surface area contributed by atoms with E-state index in [1.54, 1.807) is 31.4 Å². The zero-order valence-electron chi connectivity index (χ0n) is 17.9. The molecule has 0 saturated carbocycles. The summed E-state index contributed by atoms with van der Waals surface area (Å²) < 4.78 is 5.13. The number of piperidine rings is 1. The molecule has 1 aliphatic heterocycles. The molecule has 2 N–H and O–H groups in total. The van der Waals surface area contributed by atoms with Gasteiger partial charge in [-0.25, -0.2) is 0 Å². The lowest BCUT2D eigenvalue weighted by atomic mass is 9.88. The van der Waals surface area contributed by atoms with Gasteiger partial charge in [-0.15, -0.1) is 0 Å². The van der Waals surface area contributed by atoms with Crippen molar-refractivity contribution in [2.75, 3.05) is 26.7 Å². The van der Waals surface area contributed by atoms with E-state index in [9.17, 15) is 14.4 Å². The Hall–Kier alpha value is -2.57. The van der Waals surface area contributed by atoms with Crippen molar-refractivity contribution in [1.82, 2.24) is 15.5 Å². The van der Waals surface area contributed by atoms with Gasteiger partial charge in [0.2, 0.25) is 11.8 Å². The molecule has 7 heteroatoms. The minimum absolute atomic E-state index is 0.00901. The molecule has 1 aromatic rings. The van der Waals surface area contributed by atoms with Crippen molar-refractivity contribution in [2.45, 2.75) is 46.1 Å². The summed E-state index contributed by atoms with van der Waals surface area (Å²) in [7, 11) is 1.57. The van der Waals surface area contributed by atoms with Gasteiger partial charge in [-0.05, 0) is 48.9 Å². The third-order valence-electron chi connectivity index (χ3n) is 5.27. The molecule has 1 aliphatic rings. The first-order valence-corrected chi connectivity index (χ1v) is 10.4. The molecular weight excluding hydrogens is 370 g/mol. The van der Waals surface area contributed by atoms with E-state index < -0.39 is 6.04 Å². The van der Waals surface area contributed by atoms with Gasteiger partial charge in [0.25, 0.3) is 5.91 Å². The summed E-state index contributed by atoms with van der Waals surface area (Å²) in [4.78, 5) is 39.4. The van der Waals surface area contributed by atoms with Crippen LogP contribution in [-0.2, 0) is 9.59 Å². The van der Waals surface area contributed by atoms with E-state index in [0.717, 1.165) is 0 Å². The van der Waals surface area contributed by atoms with Crippen molar-refractivity contribution in [1.29, 1.82) is 0 Å². The SMILES string of the molecule is CCC(=O)N1CCC(C(NC(=O)c2ccc(OC)cc2)C(=O)NCC(C)C)CC1. The topological polar surface area (TPSA) is 87.7 Å². The van der Waals surface area contributed by atoms with Crippen LogP contribution in [-0.4, -0.2) is 55.4 Å². The summed E-state index contributed by atoms with van der Waals surface area (Å²) in [5.74, 6) is 0.656. The molecular formula is C22H33N3O4. The molecule has 1 heterocycles. The molecule has 2 rings (SSSR count). The van der Waals surface area contributed by atoms with Gasteiger partial charge in [0.05, 0.1) is 7.11 Å². The van der Waals surface area contributed by atoms with Crippen molar-refractivity contribution < 1.29 is 19.1 Å². The molecule has 0 aromatic heterocycles. The van der Waals surface area contributed by atoms with Gasteiger partial charge in [0, 0.05) is 31.6 Å². The van der Waals surface area contributed by atoms with Crippen LogP contribution in [0.15, 0.2) is 24.3 Å². The van der Waals surface area contributed by atoms with Crippen molar-refractivity contribution in [3.05, 3.63) is 29.8 Å². The zero-order valence-corrected chi connectivity index (χ0v) is 17.9. The van der Waals surface area contributed by atoms with Gasteiger partial charge >= 0.3 is 0 Å². The number of ether oxygens (including phenoxy) is 1. The fourth-order valence-electron chi connectivity index (χ4n) is 3.48. The van der Waals surface area contributed by atoms with Crippen LogP contribution in [0, 0.1) is 11.8 Å². The molecule has 3 amide bonds. The molecule has 7 nitrogen and oxygen atoms in total. The van der Waals surface area contributed by atoms with Gasteiger partial charge in [-0.2, -0.15) is 0 Å². The van der Waals surface area contributed by atoms with E-state index in [0.29, 0.717) is 56.1 Å². The van der Waals surface area contributed by atoms with Gasteiger partial charge in [0.15, 0.2) is 0 Å². The van der Waals surface area contributed by atoms with Crippen LogP contribution in [0.25, 0.3) is 0 Å². The van der Waals surface area contributed by atoms with E-state index in [4.69, 9.17) is 4.74 Å². The Morgan fingerprint density at radius 3 is 2.28 bits per heavy atom. The number of nitrogens with one attached hydrogen (secondary N) is 2. The van der Waals surface area contributed by atoms with Crippen LogP contribution in [0.1, 0.15) is 50.4 Å². The predicted molar refractivity (Wildman–Crippen MR) is 112 cm³/mol. The van der Waals surface area contributed by atoms with Gasteiger partial charge in [0.1, 0.15) is 11.8 Å². The fourth-order valence-corrected chi connectivity index (χ4v) is 3.48. The second-order valence-electron chi connectivity index (χ2n) is 7.89. The van der Waals surface area contributed by atoms with Crippen LogP contribution in [0.3, 0.4) is 0 Å². The highest BCUT2D eigenvalue weighted by molar-refractivity contribution is 5.97. The average molecular weight is 404 g/mol. The standard InChI is InChI=1S/C22H33N3O4/c1-5-19(26)25-12-10-16(11-13-25)20(22(28)23-14-15(2)3)24-21(27)17-6-8-18(29-4)9-7-17/h6-9,15-16,20H,5,10-14H2,1-4H3,(H,23,28)(H,24,27). The molecule has 160 valence electrons. The lowest BCUT2D eigenvalue weighted by Crippen LogP contribution is -2.54. The molecule has 1 aromatic carbocycles. The Morgan fingerprint density at radius 1 is 1.14 bits per heavy atom. The Labute approximate surface area is 173 Å². The molecule has 0 radical (unpaired) electrons. The molecule has 0 bridgehead atoms. The van der Waals surface area contributed by atoms with E-state index in [2.05, 4.69) is 10.6 Å². The molecule has 29 heavy (non-hydrogen) atoms. The molecule has 0 aliphatic carbocycles. The van der Waals surface area contributed by atoms with Crippen molar-refractivity contribution in [2.24, 2.45) is 11.8 Å². The summed E-state index contributed by atoms with van der Waals surface area (Å²) in [6.45, 7) is 7.69. The summed E-state index contributed by atoms with van der Waals surface area (Å²) in [6.07, 6.45) is 1.86. The molecule has 0 spiro atoms. The first kappa shape index (κ1) is 22.7. The van der Waals surface area contributed by atoms with Crippen molar-refractivity contribution in [3.8, 4) is 5.75 Å². The quantitative estimate of drug-likeness (QED) is 0.697. The number of rotatable bonds is 8. The Kier molecular flexibility index (Phi) is 8.49. The van der Waals surface area contributed by atoms with E-state index >= 15 is 0 Å². The van der Waals surface area contributed by atoms with Crippen LogP contribution >= 0.6 is 0 Å². The predicted octanol–water partition coefficient (Wildman–Crippen LogP) is 2.21. The first-order chi connectivity index (χ1) is 13.8. The van der Waals surface area contributed by atoms with Crippen LogP contribution in [0.2, 0.25) is 0 Å². The first-order valence-electron chi connectivity index (χ1n) is 10.4. The molecule has 1 atom stereocenters. The third-order valence-corrected chi connectivity index (χ3v) is 5.27. The number of amides is 3. The number of hydrogen-bond donors (Lipinski definition) is 2. The maximum absolute atomic E-state index is 12.9. The smallest absolute Gasteiger partial charge is 0.251 e. The van der Waals surface area contributed by atoms with Crippen molar-refractivity contribution >= 4 is 17.7 Å². The van der Waals surface area contributed by atoms with E-state index in [1.165, 1.54) is 0 Å². The molecule has 1 fully saturated rings. The van der Waals surface area contributed by atoms with Crippen molar-refractivity contribution in [3.63, 3.8) is 0 Å². The monoisotopic (exact) mass is 403 g/mol. The summed E-state index contributed by atoms with van der Waals surface area (Å²) in [5.41, 5.74) is 0.478. The summed E-state index contributed by atoms with van der Waals surface area (Å²) >= 11 is 0. The third kappa shape index (κ3) is 6.48. The highest BCUT2D eigenvalue weighted by atomic mass is 16.5. The van der Waals surface area contributed by atoms with Gasteiger partial charge in [-0.1, -0.05) is 20.8 Å². The number of likely N-dealkylation sites (tertiary alicyclic amines) is 1. The Bertz CT molecular complexity index is 695. The fraction of sp³-hybridized carbons (Fsp3) is 0.591. The number of hydrogen-bond acceptors (Lipinski definition) is 4. The van der Waals surface area contributed by atoms with Gasteiger partial charge in [-0.3, -0.25) is 14.4 Å². The summed E-state index contributed by atoms with van der Waals surface area (Å²) in [5, 5.41) is 5.87. The normalized spacial score (nSPS) is 15.7. The number of carbonyl (C=O) groups excluding carboxylic acids is 3. The number of methoxy groups -OCH3 is 1. The Morgan fingerprint density at radius 2 is 1.76 bits per heavy atom. The highest BCUT2D eigenvalue weighted by Crippen LogP contribution is 2.22. The maximum atomic E-state index is 12.9. The molecule has 1 saturated heterocycles. The van der Waals surface area contributed by atoms with E-state index in [-0.39, 0.29) is 23.6 Å². The highest BCUT2D eigenvalue weighted by Gasteiger charge is 2.33. The average Bonchev–Trinajstić information content (AvgIpc) is 2.75. The second kappa shape index (κ2) is 10.8. The van der Waals surface area contributed by atoms with Crippen LogP contribution < -0.4 is 15.4 Å². The van der Waals surface area contributed by atoms with Crippen LogP contribution in [0.4, 0.5) is 0 Å². The van der Waals surface area contributed by atoms with Crippen LogP contribution in [0.5, 0.6) is 5.75 Å². The lowest BCUT2D eigenvalue weighted by Gasteiger charge is -2.35. The number of carbonyl (C=O) groups is 3. The molecule has 1 unspecified atom stereocenters. The van der Waals surface area contributed by atoms with Gasteiger partial charge < -0.3 is 20.3 Å². The number of benzene rings is 1. The largest absolute Gasteiger partial charge is 0.497 e. The zero-order chi connectivity index (χ0) is 21.4. The summed E-state index contributed by atoms with van der Waals surface area (Å²) in [6, 6.07) is 6.18. The maximum Gasteiger partial charge on any atom is 0.251 e. The lowest BCUT2D eigenvalue weighted by molar-refractivity contribution is -0.132. The minimum Gasteiger partial charge on any atom is -0.497 e.